The van der Waals surface area contributed by atoms with Gasteiger partial charge in [0.25, 0.3) is 0 Å². The van der Waals surface area contributed by atoms with E-state index >= 15 is 0 Å². The monoisotopic (exact) mass is 181 g/mol. The Kier molecular flexibility index (Phi) is 2.61. The van der Waals surface area contributed by atoms with Gasteiger partial charge in [-0.05, 0) is 18.9 Å². The van der Waals surface area contributed by atoms with Crippen LogP contribution in [0, 0.1) is 0 Å². The summed E-state index contributed by atoms with van der Waals surface area (Å²) in [5, 5.41) is 12.4. The van der Waals surface area contributed by atoms with Crippen molar-refractivity contribution < 1.29 is 5.11 Å². The highest BCUT2D eigenvalue weighted by Crippen LogP contribution is 2.14. The summed E-state index contributed by atoms with van der Waals surface area (Å²) in [7, 11) is 0. The minimum Gasteiger partial charge on any atom is -0.392 e. The average Bonchev–Trinajstić information content (AvgIpc) is 2.19. The molecule has 4 heteroatoms. The molecule has 72 valence electrons. The SMILES string of the molecule is OC1CCCN(C2C=CNC=N2)C1. The summed E-state index contributed by atoms with van der Waals surface area (Å²) in [4.78, 5) is 6.48. The van der Waals surface area contributed by atoms with Gasteiger partial charge in [-0.15, -0.1) is 0 Å². The largest absolute Gasteiger partial charge is 0.392 e. The van der Waals surface area contributed by atoms with Crippen molar-refractivity contribution in [1.82, 2.24) is 10.2 Å². The van der Waals surface area contributed by atoms with Gasteiger partial charge in [-0.3, -0.25) is 9.89 Å². The summed E-state index contributed by atoms with van der Waals surface area (Å²) >= 11 is 0. The van der Waals surface area contributed by atoms with E-state index in [0.29, 0.717) is 0 Å². The standard InChI is InChI=1S/C9H15N3O/c13-8-2-1-5-12(6-8)9-3-4-10-7-11-9/h3-4,7-9,13H,1-2,5-6H2,(H,10,11). The molecule has 2 rings (SSSR count). The molecule has 0 spiro atoms. The summed E-state index contributed by atoms with van der Waals surface area (Å²) in [6.45, 7) is 1.77. The van der Waals surface area contributed by atoms with Crippen LogP contribution >= 0.6 is 0 Å². The van der Waals surface area contributed by atoms with E-state index < -0.39 is 0 Å². The van der Waals surface area contributed by atoms with Crippen molar-refractivity contribution in [3.8, 4) is 0 Å². The lowest BCUT2D eigenvalue weighted by Crippen LogP contribution is -2.44. The fraction of sp³-hybridized carbons (Fsp3) is 0.667. The Labute approximate surface area is 78.0 Å². The molecule has 1 saturated heterocycles. The number of nitrogens with one attached hydrogen (secondary N) is 1. The molecule has 2 N–H and O–H groups in total. The number of β-amino-alcohol motifs (C(OH)–C–C–N with tert-alkyl or cyclic N) is 1. The molecule has 0 saturated carbocycles. The van der Waals surface area contributed by atoms with Gasteiger partial charge in [0.1, 0.15) is 6.17 Å². The molecule has 4 nitrogen and oxygen atoms in total. The number of aliphatic imine (C=N–C) groups is 1. The van der Waals surface area contributed by atoms with E-state index in [1.165, 1.54) is 0 Å². The van der Waals surface area contributed by atoms with E-state index in [4.69, 9.17) is 0 Å². The van der Waals surface area contributed by atoms with Gasteiger partial charge in [0.2, 0.25) is 0 Å². The normalized spacial score (nSPS) is 34.5. The molecule has 0 aromatic heterocycles. The van der Waals surface area contributed by atoms with Crippen molar-refractivity contribution in [1.29, 1.82) is 0 Å². The van der Waals surface area contributed by atoms with Crippen LogP contribution in [0.25, 0.3) is 0 Å². The molecular weight excluding hydrogens is 166 g/mol. The van der Waals surface area contributed by atoms with Crippen LogP contribution in [-0.4, -0.2) is 41.7 Å². The van der Waals surface area contributed by atoms with E-state index in [-0.39, 0.29) is 12.3 Å². The first-order valence-corrected chi connectivity index (χ1v) is 4.73. The lowest BCUT2D eigenvalue weighted by molar-refractivity contribution is 0.0584. The fourth-order valence-electron chi connectivity index (χ4n) is 1.79. The highest BCUT2D eigenvalue weighted by molar-refractivity contribution is 5.57. The molecule has 0 aromatic carbocycles. The molecule has 2 aliphatic rings. The fourth-order valence-corrected chi connectivity index (χ4v) is 1.79. The number of rotatable bonds is 1. The van der Waals surface area contributed by atoms with E-state index in [1.54, 1.807) is 6.34 Å². The van der Waals surface area contributed by atoms with Gasteiger partial charge in [0.15, 0.2) is 0 Å². The van der Waals surface area contributed by atoms with Gasteiger partial charge >= 0.3 is 0 Å². The van der Waals surface area contributed by atoms with Gasteiger partial charge in [-0.2, -0.15) is 0 Å². The number of hydrogen-bond donors (Lipinski definition) is 2. The van der Waals surface area contributed by atoms with Gasteiger partial charge in [-0.1, -0.05) is 0 Å². The minimum absolute atomic E-state index is 0.121. The summed E-state index contributed by atoms with van der Waals surface area (Å²) in [6.07, 6.45) is 7.54. The van der Waals surface area contributed by atoms with Gasteiger partial charge in [0, 0.05) is 19.3 Å². The second-order valence-electron chi connectivity index (χ2n) is 3.51. The van der Waals surface area contributed by atoms with Crippen molar-refractivity contribution in [2.45, 2.75) is 25.1 Å². The summed E-state index contributed by atoms with van der Waals surface area (Å²) < 4.78 is 0. The molecule has 0 radical (unpaired) electrons. The van der Waals surface area contributed by atoms with Crippen molar-refractivity contribution in [2.75, 3.05) is 13.1 Å². The van der Waals surface area contributed by atoms with Crippen LogP contribution in [0.4, 0.5) is 0 Å². The number of nitrogens with zero attached hydrogens (tertiary/aromatic N) is 2. The second-order valence-corrected chi connectivity index (χ2v) is 3.51. The Bertz CT molecular complexity index is 215. The highest BCUT2D eigenvalue weighted by atomic mass is 16.3. The zero-order chi connectivity index (χ0) is 9.10. The predicted molar refractivity (Wildman–Crippen MR) is 51.4 cm³/mol. The second kappa shape index (κ2) is 3.89. The summed E-state index contributed by atoms with van der Waals surface area (Å²) in [6, 6.07) is 0. The zero-order valence-corrected chi connectivity index (χ0v) is 7.56. The van der Waals surface area contributed by atoms with Crippen molar-refractivity contribution in [2.24, 2.45) is 4.99 Å². The number of piperidine rings is 1. The Morgan fingerprint density at radius 1 is 1.54 bits per heavy atom. The van der Waals surface area contributed by atoms with E-state index in [0.717, 1.165) is 25.9 Å². The molecule has 0 aromatic rings. The van der Waals surface area contributed by atoms with Gasteiger partial charge in [0.05, 0.1) is 12.4 Å². The maximum atomic E-state index is 9.48. The topological polar surface area (TPSA) is 47.9 Å². The molecule has 2 heterocycles. The smallest absolute Gasteiger partial charge is 0.124 e. The Morgan fingerprint density at radius 2 is 2.46 bits per heavy atom. The first kappa shape index (κ1) is 8.72. The first-order chi connectivity index (χ1) is 6.36. The minimum atomic E-state index is -0.174. The highest BCUT2D eigenvalue weighted by Gasteiger charge is 2.22. The lowest BCUT2D eigenvalue weighted by atomic mass is 10.1. The maximum absolute atomic E-state index is 9.48. The Morgan fingerprint density at radius 3 is 3.15 bits per heavy atom. The third kappa shape index (κ3) is 2.08. The molecule has 0 aliphatic carbocycles. The average molecular weight is 181 g/mol. The van der Waals surface area contributed by atoms with Crippen LogP contribution in [0.5, 0.6) is 0 Å². The van der Waals surface area contributed by atoms with Crippen LogP contribution < -0.4 is 5.32 Å². The Hall–Kier alpha value is -0.870. The van der Waals surface area contributed by atoms with E-state index in [9.17, 15) is 5.11 Å². The quantitative estimate of drug-likeness (QED) is 0.594. The molecule has 1 fully saturated rings. The summed E-state index contributed by atoms with van der Waals surface area (Å²) in [5.41, 5.74) is 0. The maximum Gasteiger partial charge on any atom is 0.124 e. The number of aliphatic hydroxyl groups is 1. The van der Waals surface area contributed by atoms with Crippen molar-refractivity contribution >= 4 is 6.34 Å². The third-order valence-corrected chi connectivity index (χ3v) is 2.47. The van der Waals surface area contributed by atoms with Crippen LogP contribution in [0.15, 0.2) is 17.3 Å². The zero-order valence-electron chi connectivity index (χ0n) is 7.56. The van der Waals surface area contributed by atoms with Crippen molar-refractivity contribution in [3.63, 3.8) is 0 Å². The van der Waals surface area contributed by atoms with Crippen molar-refractivity contribution in [3.05, 3.63) is 12.3 Å². The number of hydrogen-bond acceptors (Lipinski definition) is 4. The lowest BCUT2D eigenvalue weighted by Gasteiger charge is -2.33. The molecular formula is C9H15N3O. The predicted octanol–water partition coefficient (Wildman–Crippen LogP) is -0.0856. The number of likely N-dealkylation sites (tertiary alicyclic amines) is 1. The Balaban J connectivity index is 1.95. The van der Waals surface area contributed by atoms with Crippen LogP contribution in [0.2, 0.25) is 0 Å². The van der Waals surface area contributed by atoms with Crippen LogP contribution in [0.1, 0.15) is 12.8 Å². The van der Waals surface area contributed by atoms with E-state index in [1.807, 2.05) is 12.3 Å². The van der Waals surface area contributed by atoms with E-state index in [2.05, 4.69) is 15.2 Å². The molecule has 0 amide bonds. The molecule has 2 aliphatic heterocycles. The van der Waals surface area contributed by atoms with Crippen LogP contribution in [0.3, 0.4) is 0 Å². The molecule has 2 unspecified atom stereocenters. The third-order valence-electron chi connectivity index (χ3n) is 2.47. The van der Waals surface area contributed by atoms with Crippen LogP contribution in [-0.2, 0) is 0 Å². The van der Waals surface area contributed by atoms with Gasteiger partial charge in [-0.25, -0.2) is 0 Å². The molecule has 13 heavy (non-hydrogen) atoms. The molecule has 2 atom stereocenters. The summed E-state index contributed by atoms with van der Waals surface area (Å²) in [5.74, 6) is 0. The van der Waals surface area contributed by atoms with Gasteiger partial charge < -0.3 is 10.4 Å². The first-order valence-electron chi connectivity index (χ1n) is 4.73. The molecule has 0 bridgehead atoms. The number of aliphatic hydroxyl groups excluding tert-OH is 1.